The number of pyridine rings is 1. The van der Waals surface area contributed by atoms with Crippen molar-refractivity contribution in [1.82, 2.24) is 9.38 Å². The fraction of sp³-hybridized carbons (Fsp3) is 0.364. The summed E-state index contributed by atoms with van der Waals surface area (Å²) in [6, 6.07) is 4.23. The second-order valence-electron chi connectivity index (χ2n) is 3.99. The summed E-state index contributed by atoms with van der Waals surface area (Å²) in [5, 5.41) is 0. The van der Waals surface area contributed by atoms with Crippen LogP contribution in [0.25, 0.3) is 5.65 Å². The molecule has 1 fully saturated rings. The molecule has 0 spiro atoms. The number of aryl methyl sites for hydroxylation is 1. The number of halogens is 1. The van der Waals surface area contributed by atoms with Crippen molar-refractivity contribution >= 4 is 21.6 Å². The van der Waals surface area contributed by atoms with Crippen LogP contribution in [-0.4, -0.2) is 9.38 Å². The van der Waals surface area contributed by atoms with Gasteiger partial charge in [0, 0.05) is 12.1 Å². The van der Waals surface area contributed by atoms with E-state index in [2.05, 4.69) is 50.6 Å². The lowest BCUT2D eigenvalue weighted by Crippen LogP contribution is -1.84. The van der Waals surface area contributed by atoms with E-state index in [0.29, 0.717) is 5.92 Å². The first-order valence-corrected chi connectivity index (χ1v) is 5.69. The predicted molar refractivity (Wildman–Crippen MR) is 59.6 cm³/mol. The van der Waals surface area contributed by atoms with Gasteiger partial charge in [0.25, 0.3) is 0 Å². The highest BCUT2D eigenvalue weighted by Gasteiger charge is 2.29. The molecule has 2 nitrogen and oxygen atoms in total. The van der Waals surface area contributed by atoms with E-state index in [0.717, 1.165) is 10.3 Å². The van der Waals surface area contributed by atoms with E-state index in [1.165, 1.54) is 24.1 Å². The molecule has 1 aliphatic rings. The lowest BCUT2D eigenvalue weighted by Gasteiger charge is -1.95. The molecule has 0 aliphatic heterocycles. The number of aromatic nitrogens is 2. The molecule has 2 aromatic rings. The summed E-state index contributed by atoms with van der Waals surface area (Å²) < 4.78 is 3.25. The van der Waals surface area contributed by atoms with Crippen LogP contribution in [0.3, 0.4) is 0 Å². The summed E-state index contributed by atoms with van der Waals surface area (Å²) in [6.07, 6.45) is 4.66. The van der Waals surface area contributed by atoms with Crippen LogP contribution in [0.5, 0.6) is 0 Å². The van der Waals surface area contributed by atoms with Crippen molar-refractivity contribution in [1.29, 1.82) is 0 Å². The summed E-state index contributed by atoms with van der Waals surface area (Å²) in [5.41, 5.74) is 3.55. The summed E-state index contributed by atoms with van der Waals surface area (Å²) in [7, 11) is 0. The van der Waals surface area contributed by atoms with Gasteiger partial charge in [0.1, 0.15) is 10.3 Å². The Balaban J connectivity index is 2.28. The Bertz CT molecular complexity index is 497. The Labute approximate surface area is 91.1 Å². The first kappa shape index (κ1) is 8.48. The number of rotatable bonds is 1. The third-order valence-electron chi connectivity index (χ3n) is 2.71. The zero-order valence-electron chi connectivity index (χ0n) is 8.00. The maximum Gasteiger partial charge on any atom is 0.138 e. The van der Waals surface area contributed by atoms with Gasteiger partial charge in [0.15, 0.2) is 0 Å². The van der Waals surface area contributed by atoms with E-state index in [1.54, 1.807) is 0 Å². The van der Waals surface area contributed by atoms with Crippen LogP contribution in [0.2, 0.25) is 0 Å². The number of fused-ring (bicyclic) bond motifs is 1. The SMILES string of the molecule is Cc1ccn2c(Br)c(C3CC3)nc2c1. The summed E-state index contributed by atoms with van der Waals surface area (Å²) in [5.74, 6) is 0.699. The monoisotopic (exact) mass is 250 g/mol. The molecule has 1 saturated carbocycles. The zero-order chi connectivity index (χ0) is 9.71. The molecule has 0 bridgehead atoms. The fourth-order valence-corrected chi connectivity index (χ4v) is 2.46. The maximum atomic E-state index is 4.65. The molecule has 2 aromatic heterocycles. The van der Waals surface area contributed by atoms with Crippen LogP contribution in [0.4, 0.5) is 0 Å². The van der Waals surface area contributed by atoms with Gasteiger partial charge in [-0.2, -0.15) is 0 Å². The molecular formula is C11H11BrN2. The predicted octanol–water partition coefficient (Wildman–Crippen LogP) is 3.28. The van der Waals surface area contributed by atoms with E-state index >= 15 is 0 Å². The standard InChI is InChI=1S/C11H11BrN2/c1-7-4-5-14-9(6-7)13-10(11(14)12)8-2-3-8/h4-6,8H,2-3H2,1H3. The van der Waals surface area contributed by atoms with E-state index in [1.807, 2.05) is 0 Å². The molecule has 0 atom stereocenters. The number of hydrogen-bond donors (Lipinski definition) is 0. The van der Waals surface area contributed by atoms with Crippen molar-refractivity contribution in [3.63, 3.8) is 0 Å². The number of hydrogen-bond acceptors (Lipinski definition) is 1. The Morgan fingerprint density at radius 2 is 2.29 bits per heavy atom. The Morgan fingerprint density at radius 1 is 1.50 bits per heavy atom. The Hall–Kier alpha value is -0.830. The average Bonchev–Trinajstić information content (AvgIpc) is 2.93. The van der Waals surface area contributed by atoms with E-state index in [9.17, 15) is 0 Å². The van der Waals surface area contributed by atoms with Crippen molar-refractivity contribution in [2.45, 2.75) is 25.7 Å². The first-order valence-electron chi connectivity index (χ1n) is 4.90. The normalized spacial score (nSPS) is 16.4. The Morgan fingerprint density at radius 3 is 3.00 bits per heavy atom. The van der Waals surface area contributed by atoms with E-state index in [4.69, 9.17) is 0 Å². The summed E-state index contributed by atoms with van der Waals surface area (Å²) in [6.45, 7) is 2.10. The molecule has 0 amide bonds. The fourth-order valence-electron chi connectivity index (χ4n) is 1.75. The van der Waals surface area contributed by atoms with Crippen molar-refractivity contribution in [2.24, 2.45) is 0 Å². The average molecular weight is 251 g/mol. The van der Waals surface area contributed by atoms with Gasteiger partial charge in [-0.15, -0.1) is 0 Å². The molecular weight excluding hydrogens is 240 g/mol. The second kappa shape index (κ2) is 2.83. The lowest BCUT2D eigenvalue weighted by molar-refractivity contribution is 1.03. The number of imidazole rings is 1. The van der Waals surface area contributed by atoms with Crippen LogP contribution < -0.4 is 0 Å². The van der Waals surface area contributed by atoms with Crippen LogP contribution in [0.15, 0.2) is 22.9 Å². The maximum absolute atomic E-state index is 4.65. The molecule has 0 aromatic carbocycles. The highest BCUT2D eigenvalue weighted by Crippen LogP contribution is 2.42. The quantitative estimate of drug-likeness (QED) is 0.760. The minimum absolute atomic E-state index is 0.699. The van der Waals surface area contributed by atoms with Crippen LogP contribution in [0, 0.1) is 6.92 Å². The Kier molecular flexibility index (Phi) is 1.71. The van der Waals surface area contributed by atoms with Gasteiger partial charge in [0.05, 0.1) is 5.69 Å². The molecule has 0 radical (unpaired) electrons. The van der Waals surface area contributed by atoms with Crippen molar-refractivity contribution in [2.75, 3.05) is 0 Å². The molecule has 3 rings (SSSR count). The van der Waals surface area contributed by atoms with Crippen molar-refractivity contribution in [3.05, 3.63) is 34.2 Å². The summed E-state index contributed by atoms with van der Waals surface area (Å²) >= 11 is 3.62. The van der Waals surface area contributed by atoms with Gasteiger partial charge < -0.3 is 0 Å². The second-order valence-corrected chi connectivity index (χ2v) is 4.75. The van der Waals surface area contributed by atoms with Gasteiger partial charge >= 0.3 is 0 Å². The minimum Gasteiger partial charge on any atom is -0.294 e. The van der Waals surface area contributed by atoms with Gasteiger partial charge in [-0.05, 0) is 53.4 Å². The highest BCUT2D eigenvalue weighted by atomic mass is 79.9. The van der Waals surface area contributed by atoms with Gasteiger partial charge in [-0.3, -0.25) is 4.40 Å². The van der Waals surface area contributed by atoms with Gasteiger partial charge in [-0.25, -0.2) is 4.98 Å². The molecule has 1 aliphatic carbocycles. The number of nitrogens with zero attached hydrogens (tertiary/aromatic N) is 2. The third kappa shape index (κ3) is 1.19. The summed E-state index contributed by atoms with van der Waals surface area (Å²) in [4.78, 5) is 4.65. The highest BCUT2D eigenvalue weighted by molar-refractivity contribution is 9.10. The smallest absolute Gasteiger partial charge is 0.138 e. The molecule has 72 valence electrons. The minimum atomic E-state index is 0.699. The topological polar surface area (TPSA) is 17.3 Å². The zero-order valence-corrected chi connectivity index (χ0v) is 9.58. The molecule has 0 N–H and O–H groups in total. The van der Waals surface area contributed by atoms with Gasteiger partial charge in [-0.1, -0.05) is 0 Å². The van der Waals surface area contributed by atoms with E-state index in [-0.39, 0.29) is 0 Å². The third-order valence-corrected chi connectivity index (χ3v) is 3.50. The van der Waals surface area contributed by atoms with E-state index < -0.39 is 0 Å². The molecule has 0 saturated heterocycles. The molecule has 2 heterocycles. The van der Waals surface area contributed by atoms with Crippen LogP contribution in [0.1, 0.15) is 30.0 Å². The van der Waals surface area contributed by atoms with Crippen molar-refractivity contribution < 1.29 is 0 Å². The molecule has 14 heavy (non-hydrogen) atoms. The molecule has 0 unspecified atom stereocenters. The first-order chi connectivity index (χ1) is 6.75. The largest absolute Gasteiger partial charge is 0.294 e. The molecule has 3 heteroatoms. The lowest BCUT2D eigenvalue weighted by atomic mass is 10.3. The van der Waals surface area contributed by atoms with Crippen molar-refractivity contribution in [3.8, 4) is 0 Å². The van der Waals surface area contributed by atoms with Gasteiger partial charge in [0.2, 0.25) is 0 Å². The van der Waals surface area contributed by atoms with Crippen LogP contribution in [-0.2, 0) is 0 Å². The van der Waals surface area contributed by atoms with Crippen LogP contribution >= 0.6 is 15.9 Å².